The van der Waals surface area contributed by atoms with E-state index in [-0.39, 0.29) is 0 Å². The van der Waals surface area contributed by atoms with Gasteiger partial charge in [0.2, 0.25) is 0 Å². The maximum atomic E-state index is 5.05. The molecule has 3 heteroatoms. The molecule has 0 saturated heterocycles. The molecule has 0 radical (unpaired) electrons. The molecule has 0 aromatic rings. The normalized spacial score (nSPS) is 12.4. The molecule has 0 bridgehead atoms. The molecule has 0 saturated carbocycles. The fourth-order valence-corrected chi connectivity index (χ4v) is 1.58. The minimum atomic E-state index is 0.332. The summed E-state index contributed by atoms with van der Waals surface area (Å²) in [6.45, 7) is 11.8. The van der Waals surface area contributed by atoms with Crippen molar-refractivity contribution in [2.24, 2.45) is 5.41 Å². The highest BCUT2D eigenvalue weighted by molar-refractivity contribution is 4.74. The van der Waals surface area contributed by atoms with Crippen LogP contribution in [0.5, 0.6) is 0 Å². The smallest absolute Gasteiger partial charge is 0.0589 e. The quantitative estimate of drug-likeness (QED) is 0.640. The van der Waals surface area contributed by atoms with Crippen LogP contribution < -0.4 is 5.32 Å². The van der Waals surface area contributed by atoms with Crippen LogP contribution in [0.25, 0.3) is 0 Å². The van der Waals surface area contributed by atoms with Crippen molar-refractivity contribution >= 4 is 0 Å². The second-order valence-electron chi connectivity index (χ2n) is 4.68. The van der Waals surface area contributed by atoms with E-state index in [1.54, 1.807) is 7.11 Å². The van der Waals surface area contributed by atoms with E-state index < -0.39 is 0 Å². The summed E-state index contributed by atoms with van der Waals surface area (Å²) in [6, 6.07) is 0. The van der Waals surface area contributed by atoms with E-state index in [4.69, 9.17) is 4.74 Å². The second kappa shape index (κ2) is 7.21. The van der Waals surface area contributed by atoms with Gasteiger partial charge >= 0.3 is 0 Å². The third kappa shape index (κ3) is 7.30. The van der Waals surface area contributed by atoms with Crippen LogP contribution in [0, 0.1) is 5.41 Å². The Morgan fingerprint density at radius 2 is 2.00 bits per heavy atom. The van der Waals surface area contributed by atoms with Gasteiger partial charge in [-0.15, -0.1) is 0 Å². The molecule has 14 heavy (non-hydrogen) atoms. The van der Waals surface area contributed by atoms with Gasteiger partial charge in [0.05, 0.1) is 6.61 Å². The van der Waals surface area contributed by atoms with Crippen molar-refractivity contribution in [1.82, 2.24) is 10.2 Å². The Bertz CT molecular complexity index is 137. The molecule has 0 atom stereocenters. The Morgan fingerprint density at radius 3 is 2.50 bits per heavy atom. The van der Waals surface area contributed by atoms with E-state index in [0.717, 1.165) is 32.8 Å². The zero-order valence-electron chi connectivity index (χ0n) is 10.4. The third-order valence-electron chi connectivity index (χ3n) is 2.23. The lowest BCUT2D eigenvalue weighted by atomic mass is 9.93. The molecule has 86 valence electrons. The van der Waals surface area contributed by atoms with Gasteiger partial charge in [0.1, 0.15) is 0 Å². The monoisotopic (exact) mass is 202 g/mol. The number of hydrogen-bond acceptors (Lipinski definition) is 3. The van der Waals surface area contributed by atoms with E-state index >= 15 is 0 Å². The average Bonchev–Trinajstić information content (AvgIpc) is 2.11. The minimum absolute atomic E-state index is 0.332. The summed E-state index contributed by atoms with van der Waals surface area (Å²) in [4.78, 5) is 2.32. The predicted octanol–water partition coefficient (Wildman–Crippen LogP) is 1.20. The molecule has 1 N–H and O–H groups in total. The second-order valence-corrected chi connectivity index (χ2v) is 4.68. The number of methoxy groups -OCH3 is 1. The van der Waals surface area contributed by atoms with Crippen LogP contribution >= 0.6 is 0 Å². The molecule has 0 heterocycles. The topological polar surface area (TPSA) is 24.5 Å². The first kappa shape index (κ1) is 13.9. The van der Waals surface area contributed by atoms with Gasteiger partial charge in [0.15, 0.2) is 0 Å². The number of likely N-dealkylation sites (N-methyl/N-ethyl adjacent to an activating group) is 1. The predicted molar refractivity (Wildman–Crippen MR) is 61.7 cm³/mol. The molecule has 0 aromatic heterocycles. The molecule has 3 nitrogen and oxygen atoms in total. The standard InChI is InChI=1S/C11H26N2O/c1-6-12-9-11(2,3)10-13(4)7-8-14-5/h12H,6-10H2,1-5H3. The van der Waals surface area contributed by atoms with Gasteiger partial charge in [-0.05, 0) is 19.0 Å². The fourth-order valence-electron chi connectivity index (χ4n) is 1.58. The molecule has 0 aromatic carbocycles. The Balaban J connectivity index is 3.70. The summed E-state index contributed by atoms with van der Waals surface area (Å²) in [5.41, 5.74) is 0.332. The van der Waals surface area contributed by atoms with Gasteiger partial charge < -0.3 is 15.0 Å². The van der Waals surface area contributed by atoms with Crippen molar-refractivity contribution in [3.8, 4) is 0 Å². The fraction of sp³-hybridized carbons (Fsp3) is 1.00. The van der Waals surface area contributed by atoms with Crippen molar-refractivity contribution in [2.75, 3.05) is 46.9 Å². The average molecular weight is 202 g/mol. The van der Waals surface area contributed by atoms with Crippen molar-refractivity contribution in [3.05, 3.63) is 0 Å². The first-order chi connectivity index (χ1) is 6.52. The van der Waals surface area contributed by atoms with Gasteiger partial charge in [-0.3, -0.25) is 0 Å². The number of ether oxygens (including phenoxy) is 1. The van der Waals surface area contributed by atoms with Crippen molar-refractivity contribution in [3.63, 3.8) is 0 Å². The summed E-state index contributed by atoms with van der Waals surface area (Å²) in [6.07, 6.45) is 0. The van der Waals surface area contributed by atoms with Crippen LogP contribution in [0.1, 0.15) is 20.8 Å². The highest BCUT2D eigenvalue weighted by atomic mass is 16.5. The molecular formula is C11H26N2O. The summed E-state index contributed by atoms with van der Waals surface area (Å²) in [7, 11) is 3.89. The van der Waals surface area contributed by atoms with E-state index in [9.17, 15) is 0 Å². The van der Waals surface area contributed by atoms with Crippen molar-refractivity contribution in [2.45, 2.75) is 20.8 Å². The highest BCUT2D eigenvalue weighted by Gasteiger charge is 2.18. The molecule has 0 rings (SSSR count). The van der Waals surface area contributed by atoms with Gasteiger partial charge in [-0.2, -0.15) is 0 Å². The van der Waals surface area contributed by atoms with Crippen LogP contribution in [0.4, 0.5) is 0 Å². The molecule has 0 aliphatic rings. The van der Waals surface area contributed by atoms with E-state index in [0.29, 0.717) is 5.41 Å². The molecule has 0 unspecified atom stereocenters. The first-order valence-electron chi connectivity index (χ1n) is 5.40. The van der Waals surface area contributed by atoms with Crippen LogP contribution in [0.2, 0.25) is 0 Å². The Labute approximate surface area is 88.8 Å². The zero-order chi connectivity index (χ0) is 11.0. The summed E-state index contributed by atoms with van der Waals surface area (Å²) >= 11 is 0. The summed E-state index contributed by atoms with van der Waals surface area (Å²) < 4.78 is 5.05. The van der Waals surface area contributed by atoms with E-state index in [1.807, 2.05) is 0 Å². The van der Waals surface area contributed by atoms with Crippen molar-refractivity contribution in [1.29, 1.82) is 0 Å². The molecule has 0 fully saturated rings. The summed E-state index contributed by atoms with van der Waals surface area (Å²) in [5.74, 6) is 0. The number of rotatable bonds is 8. The van der Waals surface area contributed by atoms with E-state index in [2.05, 4.69) is 38.0 Å². The Morgan fingerprint density at radius 1 is 1.36 bits per heavy atom. The highest BCUT2D eigenvalue weighted by Crippen LogP contribution is 2.14. The Kier molecular flexibility index (Phi) is 7.15. The third-order valence-corrected chi connectivity index (χ3v) is 2.23. The SMILES string of the molecule is CCNCC(C)(C)CN(C)CCOC. The zero-order valence-corrected chi connectivity index (χ0v) is 10.4. The summed E-state index contributed by atoms with van der Waals surface area (Å²) in [5, 5.41) is 3.39. The lowest BCUT2D eigenvalue weighted by molar-refractivity contribution is 0.135. The molecule has 0 aliphatic carbocycles. The van der Waals surface area contributed by atoms with Gasteiger partial charge in [0, 0.05) is 26.7 Å². The molecule has 0 amide bonds. The maximum Gasteiger partial charge on any atom is 0.0589 e. The Hall–Kier alpha value is -0.120. The molecule has 0 spiro atoms. The number of hydrogen-bond donors (Lipinski definition) is 1. The van der Waals surface area contributed by atoms with Crippen molar-refractivity contribution < 1.29 is 4.74 Å². The number of nitrogens with zero attached hydrogens (tertiary/aromatic N) is 1. The number of nitrogens with one attached hydrogen (secondary N) is 1. The minimum Gasteiger partial charge on any atom is -0.383 e. The van der Waals surface area contributed by atoms with Crippen LogP contribution in [0.15, 0.2) is 0 Å². The van der Waals surface area contributed by atoms with Crippen LogP contribution in [0.3, 0.4) is 0 Å². The van der Waals surface area contributed by atoms with Crippen LogP contribution in [-0.2, 0) is 4.74 Å². The molecule has 0 aliphatic heterocycles. The maximum absolute atomic E-state index is 5.05. The lowest BCUT2D eigenvalue weighted by Gasteiger charge is -2.30. The van der Waals surface area contributed by atoms with Gasteiger partial charge in [-0.25, -0.2) is 0 Å². The largest absolute Gasteiger partial charge is 0.383 e. The van der Waals surface area contributed by atoms with Crippen LogP contribution in [-0.4, -0.2) is 51.8 Å². The van der Waals surface area contributed by atoms with Gasteiger partial charge in [0.25, 0.3) is 0 Å². The molecular weight excluding hydrogens is 176 g/mol. The lowest BCUT2D eigenvalue weighted by Crippen LogP contribution is -2.39. The van der Waals surface area contributed by atoms with Gasteiger partial charge in [-0.1, -0.05) is 20.8 Å². The van der Waals surface area contributed by atoms with E-state index in [1.165, 1.54) is 0 Å². The first-order valence-corrected chi connectivity index (χ1v) is 5.40.